The van der Waals surface area contributed by atoms with Crippen LogP contribution in [0.4, 0.5) is 0 Å². The summed E-state index contributed by atoms with van der Waals surface area (Å²) >= 11 is 7.10. The number of benzene rings is 1. The molecule has 0 spiro atoms. The molecule has 0 bridgehead atoms. The number of thioether (sulfide) groups is 1. The van der Waals surface area contributed by atoms with Gasteiger partial charge in [0.2, 0.25) is 5.90 Å². The molecule has 3 rings (SSSR count). The lowest BCUT2D eigenvalue weighted by Crippen LogP contribution is -2.05. The van der Waals surface area contributed by atoms with Crippen molar-refractivity contribution in [2.24, 2.45) is 4.40 Å². The fourth-order valence-electron chi connectivity index (χ4n) is 1.68. The molecule has 0 saturated carbocycles. The minimum absolute atomic E-state index is 0.0678. The second-order valence-corrected chi connectivity index (χ2v) is 7.01. The molecule has 0 atom stereocenters. The summed E-state index contributed by atoms with van der Waals surface area (Å²) < 4.78 is 32.6. The van der Waals surface area contributed by atoms with E-state index in [0.717, 1.165) is 11.8 Å². The molecule has 19 heavy (non-hydrogen) atoms. The maximum absolute atomic E-state index is 12.1. The Hall–Kier alpha value is -1.31. The van der Waals surface area contributed by atoms with Crippen LogP contribution in [0.15, 0.2) is 37.3 Å². The Morgan fingerprint density at radius 2 is 2.11 bits per heavy atom. The molecule has 0 aliphatic carbocycles. The third kappa shape index (κ3) is 2.07. The third-order valence-corrected chi connectivity index (χ3v) is 5.49. The van der Waals surface area contributed by atoms with Crippen LogP contribution < -0.4 is 0 Å². The molecule has 0 fully saturated rings. The van der Waals surface area contributed by atoms with Crippen LogP contribution in [0.1, 0.15) is 5.56 Å². The van der Waals surface area contributed by atoms with Crippen LogP contribution in [0.2, 0.25) is 5.02 Å². The number of carbonyl (C=O) groups excluding carboxylic acids is 1. The third-order valence-electron chi connectivity index (χ3n) is 2.58. The summed E-state index contributed by atoms with van der Waals surface area (Å²) in [6, 6.07) is 3.02. The summed E-state index contributed by atoms with van der Waals surface area (Å²) in [5.74, 6) is -0.807. The zero-order chi connectivity index (χ0) is 13.8. The Morgan fingerprint density at radius 1 is 1.37 bits per heavy atom. The molecule has 1 aromatic carbocycles. The maximum atomic E-state index is 12.1. The number of rotatable bonds is 0. The van der Waals surface area contributed by atoms with E-state index in [1.807, 2.05) is 0 Å². The van der Waals surface area contributed by atoms with Gasteiger partial charge in [-0.2, -0.15) is 8.42 Å². The Morgan fingerprint density at radius 3 is 2.84 bits per heavy atom. The van der Waals surface area contributed by atoms with E-state index in [-0.39, 0.29) is 10.8 Å². The first-order valence-corrected chi connectivity index (χ1v) is 7.77. The van der Waals surface area contributed by atoms with Gasteiger partial charge in [-0.05, 0) is 24.6 Å². The van der Waals surface area contributed by atoms with Gasteiger partial charge >= 0.3 is 5.97 Å². The quantitative estimate of drug-likeness (QED) is 0.687. The van der Waals surface area contributed by atoms with E-state index >= 15 is 0 Å². The predicted octanol–water partition coefficient (Wildman–Crippen LogP) is 2.28. The molecule has 5 nitrogen and oxygen atoms in total. The molecule has 0 aromatic heterocycles. The summed E-state index contributed by atoms with van der Waals surface area (Å²) in [6.45, 7) is 1.71. The van der Waals surface area contributed by atoms with Crippen LogP contribution in [0.25, 0.3) is 0 Å². The van der Waals surface area contributed by atoms with Crippen molar-refractivity contribution < 1.29 is 17.9 Å². The van der Waals surface area contributed by atoms with Crippen molar-refractivity contribution >= 4 is 45.3 Å². The molecule has 1 aromatic rings. The number of hydrogen-bond donors (Lipinski definition) is 0. The second-order valence-electron chi connectivity index (χ2n) is 3.95. The van der Waals surface area contributed by atoms with Crippen LogP contribution in [-0.4, -0.2) is 20.3 Å². The highest BCUT2D eigenvalue weighted by atomic mass is 35.5. The van der Waals surface area contributed by atoms with E-state index in [0.29, 0.717) is 20.4 Å². The van der Waals surface area contributed by atoms with Gasteiger partial charge in [-0.25, -0.2) is 4.79 Å². The van der Waals surface area contributed by atoms with Crippen molar-refractivity contribution in [2.45, 2.75) is 16.7 Å². The van der Waals surface area contributed by atoms with Crippen LogP contribution >= 0.6 is 23.4 Å². The first-order valence-electron chi connectivity index (χ1n) is 5.14. The Labute approximate surface area is 118 Å². The van der Waals surface area contributed by atoms with Gasteiger partial charge in [-0.15, -0.1) is 4.40 Å². The van der Waals surface area contributed by atoms with Gasteiger partial charge in [0.05, 0.1) is 4.91 Å². The summed E-state index contributed by atoms with van der Waals surface area (Å²) in [5.41, 5.74) is 0.642. The largest absolute Gasteiger partial charge is 0.402 e. The fourth-order valence-corrected chi connectivity index (χ4v) is 4.40. The average molecular weight is 316 g/mol. The van der Waals surface area contributed by atoms with Crippen LogP contribution in [0.3, 0.4) is 0 Å². The highest BCUT2D eigenvalue weighted by molar-refractivity contribution is 8.05. The second kappa shape index (κ2) is 4.09. The van der Waals surface area contributed by atoms with Crippen molar-refractivity contribution in [1.82, 2.24) is 0 Å². The van der Waals surface area contributed by atoms with Gasteiger partial charge in [-0.1, -0.05) is 23.4 Å². The normalized spacial score (nSPS) is 19.8. The van der Waals surface area contributed by atoms with E-state index in [4.69, 9.17) is 16.3 Å². The number of aryl methyl sites for hydroxylation is 1. The maximum Gasteiger partial charge on any atom is 0.338 e. The standard InChI is InChI=1S/C11H6ClNO4S2/c1-5-2-9-7(3-6(5)12)18-8-4-10(14)17-11(8)13-19(9,15)16/h2-4H,1H3. The van der Waals surface area contributed by atoms with E-state index in [1.165, 1.54) is 12.1 Å². The molecule has 2 aliphatic heterocycles. The number of halogens is 1. The monoisotopic (exact) mass is 315 g/mol. The number of nitrogens with zero attached hydrogens (tertiary/aromatic N) is 1. The van der Waals surface area contributed by atoms with E-state index in [9.17, 15) is 13.2 Å². The summed E-state index contributed by atoms with van der Waals surface area (Å²) in [7, 11) is -3.90. The topological polar surface area (TPSA) is 72.8 Å². The first-order chi connectivity index (χ1) is 8.87. The van der Waals surface area contributed by atoms with Crippen molar-refractivity contribution in [3.63, 3.8) is 0 Å². The van der Waals surface area contributed by atoms with Crippen LogP contribution in [-0.2, 0) is 19.6 Å². The number of fused-ring (bicyclic) bond motifs is 2. The lowest BCUT2D eigenvalue weighted by atomic mass is 10.2. The van der Waals surface area contributed by atoms with Gasteiger partial charge in [0.15, 0.2) is 0 Å². The van der Waals surface area contributed by atoms with Gasteiger partial charge in [0.25, 0.3) is 10.0 Å². The minimum atomic E-state index is -3.90. The highest BCUT2D eigenvalue weighted by Gasteiger charge is 2.32. The van der Waals surface area contributed by atoms with Gasteiger partial charge < -0.3 is 4.74 Å². The molecule has 2 heterocycles. The Bertz CT molecular complexity index is 780. The fraction of sp³-hybridized carbons (Fsp3) is 0.0909. The molecular weight excluding hydrogens is 310 g/mol. The number of sulfonamides is 1. The SMILES string of the molecule is Cc1cc2c(cc1Cl)SC1=CC(=O)OC1=NS2(=O)=O. The molecule has 8 heteroatoms. The van der Waals surface area contributed by atoms with Crippen LogP contribution in [0, 0.1) is 6.92 Å². The van der Waals surface area contributed by atoms with Gasteiger partial charge in [0.1, 0.15) is 4.90 Å². The van der Waals surface area contributed by atoms with Crippen molar-refractivity contribution in [1.29, 1.82) is 0 Å². The summed E-state index contributed by atoms with van der Waals surface area (Å²) in [5, 5.41) is 0.454. The van der Waals surface area contributed by atoms with E-state index in [1.54, 1.807) is 13.0 Å². The number of ether oxygens (including phenoxy) is 1. The smallest absolute Gasteiger partial charge is 0.338 e. The highest BCUT2D eigenvalue weighted by Crippen LogP contribution is 2.41. The molecule has 98 valence electrons. The Kier molecular flexibility index (Phi) is 2.74. The molecule has 0 unspecified atom stereocenters. The number of esters is 1. The van der Waals surface area contributed by atoms with Crippen molar-refractivity contribution in [3.8, 4) is 0 Å². The summed E-state index contributed by atoms with van der Waals surface area (Å²) in [4.78, 5) is 12.0. The molecule has 2 aliphatic rings. The first kappa shape index (κ1) is 12.7. The van der Waals surface area contributed by atoms with Crippen molar-refractivity contribution in [3.05, 3.63) is 33.7 Å². The van der Waals surface area contributed by atoms with E-state index in [2.05, 4.69) is 4.40 Å². The lowest BCUT2D eigenvalue weighted by molar-refractivity contribution is -0.129. The molecule has 0 amide bonds. The van der Waals surface area contributed by atoms with Crippen molar-refractivity contribution in [2.75, 3.05) is 0 Å². The summed E-state index contributed by atoms with van der Waals surface area (Å²) in [6.07, 6.45) is 1.21. The number of hydrogen-bond acceptors (Lipinski definition) is 5. The average Bonchev–Trinajstić information content (AvgIpc) is 2.58. The van der Waals surface area contributed by atoms with Gasteiger partial charge in [-0.3, -0.25) is 0 Å². The van der Waals surface area contributed by atoms with Gasteiger partial charge in [0, 0.05) is 16.0 Å². The number of carbonyl (C=O) groups is 1. The molecule has 0 radical (unpaired) electrons. The molecule has 0 saturated heterocycles. The zero-order valence-electron chi connectivity index (χ0n) is 9.51. The van der Waals surface area contributed by atoms with E-state index < -0.39 is 16.0 Å². The Balaban J connectivity index is 2.30. The molecular formula is C11H6ClNO4S2. The predicted molar refractivity (Wildman–Crippen MR) is 70.8 cm³/mol. The van der Waals surface area contributed by atoms with Crippen LogP contribution in [0.5, 0.6) is 0 Å². The zero-order valence-corrected chi connectivity index (χ0v) is 11.9. The molecule has 0 N–H and O–H groups in total. The minimum Gasteiger partial charge on any atom is -0.402 e. The lowest BCUT2D eigenvalue weighted by Gasteiger charge is -2.06.